The second-order valence-corrected chi connectivity index (χ2v) is 9.10. The van der Waals surface area contributed by atoms with E-state index in [4.69, 9.17) is 0 Å². The smallest absolute Gasteiger partial charge is 0.271 e. The van der Waals surface area contributed by atoms with Gasteiger partial charge in [0.2, 0.25) is 5.91 Å². The number of amides is 2. The third kappa shape index (κ3) is 5.54. The molecule has 0 aliphatic carbocycles. The van der Waals surface area contributed by atoms with Crippen molar-refractivity contribution in [1.29, 1.82) is 0 Å². The highest BCUT2D eigenvalue weighted by Gasteiger charge is 2.32. The van der Waals surface area contributed by atoms with Gasteiger partial charge in [-0.15, -0.1) is 11.8 Å². The Labute approximate surface area is 187 Å². The molecule has 4 rings (SSSR count). The molecule has 2 heterocycles. The van der Waals surface area contributed by atoms with E-state index in [1.807, 2.05) is 47.4 Å². The van der Waals surface area contributed by atoms with E-state index < -0.39 is 0 Å². The van der Waals surface area contributed by atoms with Gasteiger partial charge in [-0.2, -0.15) is 5.10 Å². The molecular weight excluding hydrogens is 408 g/mol. The van der Waals surface area contributed by atoms with Crippen molar-refractivity contribution in [3.05, 3.63) is 71.3 Å². The van der Waals surface area contributed by atoms with Crippen molar-refractivity contribution in [1.82, 2.24) is 15.2 Å². The minimum atomic E-state index is -0.200. The first-order chi connectivity index (χ1) is 15.1. The van der Waals surface area contributed by atoms with Crippen LogP contribution in [-0.4, -0.2) is 59.8 Å². The number of carbonyl (C=O) groups excluding carboxylic acids is 2. The maximum atomic E-state index is 12.5. The molecule has 2 aromatic rings. The van der Waals surface area contributed by atoms with Crippen LogP contribution >= 0.6 is 11.8 Å². The largest absolute Gasteiger partial charge is 0.326 e. The molecule has 162 valence electrons. The molecule has 0 bridgehead atoms. The summed E-state index contributed by atoms with van der Waals surface area (Å²) >= 11 is 1.64. The highest BCUT2D eigenvalue weighted by atomic mass is 32.2. The fourth-order valence-electron chi connectivity index (χ4n) is 3.85. The minimum Gasteiger partial charge on any atom is -0.326 e. The molecule has 2 aromatic carbocycles. The molecule has 2 aliphatic rings. The summed E-state index contributed by atoms with van der Waals surface area (Å²) in [6.07, 6.45) is 2.61. The number of thioether (sulfide) groups is 1. The number of hydrogen-bond donors (Lipinski definition) is 1. The van der Waals surface area contributed by atoms with Crippen molar-refractivity contribution in [2.24, 2.45) is 5.10 Å². The predicted molar refractivity (Wildman–Crippen MR) is 125 cm³/mol. The second-order valence-electron chi connectivity index (χ2n) is 8.03. The summed E-state index contributed by atoms with van der Waals surface area (Å²) in [5.74, 6) is 0.463. The monoisotopic (exact) mass is 436 g/mol. The first-order valence-electron chi connectivity index (χ1n) is 10.7. The molecule has 2 amide bonds. The van der Waals surface area contributed by atoms with E-state index in [9.17, 15) is 9.59 Å². The number of carbonyl (C=O) groups is 2. The fourth-order valence-corrected chi connectivity index (χ4v) is 5.07. The van der Waals surface area contributed by atoms with Gasteiger partial charge in [0.1, 0.15) is 5.37 Å². The molecule has 7 heteroatoms. The molecule has 2 saturated heterocycles. The summed E-state index contributed by atoms with van der Waals surface area (Å²) in [5, 5.41) is 4.30. The minimum absolute atomic E-state index is 0.00667. The molecule has 2 aliphatic heterocycles. The zero-order chi connectivity index (χ0) is 21.6. The number of hydrogen-bond acceptors (Lipinski definition) is 5. The van der Waals surface area contributed by atoms with Crippen molar-refractivity contribution < 1.29 is 9.59 Å². The predicted octanol–water partition coefficient (Wildman–Crippen LogP) is 3.31. The van der Waals surface area contributed by atoms with Crippen LogP contribution < -0.4 is 5.43 Å². The maximum Gasteiger partial charge on any atom is 0.271 e. The van der Waals surface area contributed by atoms with Crippen LogP contribution in [0.4, 0.5) is 0 Å². The van der Waals surface area contributed by atoms with Crippen LogP contribution in [0.5, 0.6) is 0 Å². The fraction of sp³-hybridized carbons (Fsp3) is 0.375. The summed E-state index contributed by atoms with van der Waals surface area (Å²) in [6, 6.07) is 17.8. The van der Waals surface area contributed by atoms with E-state index in [0.717, 1.165) is 43.6 Å². The van der Waals surface area contributed by atoms with Crippen molar-refractivity contribution in [2.75, 3.05) is 32.4 Å². The van der Waals surface area contributed by atoms with Crippen LogP contribution in [0.1, 0.15) is 39.7 Å². The quantitative estimate of drug-likeness (QED) is 0.706. The Morgan fingerprint density at radius 3 is 2.52 bits per heavy atom. The highest BCUT2D eigenvalue weighted by molar-refractivity contribution is 8.00. The molecule has 31 heavy (non-hydrogen) atoms. The average Bonchev–Trinajstić information content (AvgIpc) is 3.18. The van der Waals surface area contributed by atoms with Gasteiger partial charge in [0.25, 0.3) is 5.91 Å². The number of benzene rings is 2. The summed E-state index contributed by atoms with van der Waals surface area (Å²) in [6.45, 7) is 2.64. The lowest BCUT2D eigenvalue weighted by Gasteiger charge is -2.24. The molecule has 1 atom stereocenters. The Morgan fingerprint density at radius 1 is 1.10 bits per heavy atom. The second kappa shape index (κ2) is 10.1. The van der Waals surface area contributed by atoms with Gasteiger partial charge in [-0.05, 0) is 36.7 Å². The highest BCUT2D eigenvalue weighted by Crippen LogP contribution is 2.38. The molecule has 1 N–H and O–H groups in total. The standard InChI is InChI=1S/C24H28N4O2S/c1-27-14-12-21(13-15-27)25-26-23(30)19-7-9-20(10-8-19)24-28(22(29)17-31-24)16-11-18-5-3-2-4-6-18/h2-10,24H,11-17H2,1H3,(H,26,30)/t24-/m0/s1. The van der Waals surface area contributed by atoms with Crippen LogP contribution in [0.3, 0.4) is 0 Å². The zero-order valence-corrected chi connectivity index (χ0v) is 18.6. The third-order valence-electron chi connectivity index (χ3n) is 5.79. The normalized spacial score (nSPS) is 19.5. The Hall–Kier alpha value is -2.64. The molecular formula is C24H28N4O2S. The molecule has 6 nitrogen and oxygen atoms in total. The molecule has 0 radical (unpaired) electrons. The molecule has 0 aromatic heterocycles. The summed E-state index contributed by atoms with van der Waals surface area (Å²) in [4.78, 5) is 29.1. The van der Waals surface area contributed by atoms with Gasteiger partial charge in [-0.3, -0.25) is 9.59 Å². The van der Waals surface area contributed by atoms with Crippen LogP contribution in [0.15, 0.2) is 59.7 Å². The van der Waals surface area contributed by atoms with Gasteiger partial charge in [-0.25, -0.2) is 5.43 Å². The van der Waals surface area contributed by atoms with Crippen molar-refractivity contribution in [3.8, 4) is 0 Å². The SMILES string of the molecule is CN1CCC(=NNC(=O)c2ccc([C@@H]3SCC(=O)N3CCc3ccccc3)cc2)CC1. The van der Waals surface area contributed by atoms with Crippen LogP contribution in [0, 0.1) is 0 Å². The number of piperidine rings is 1. The van der Waals surface area contributed by atoms with Gasteiger partial charge in [0.15, 0.2) is 0 Å². The van der Waals surface area contributed by atoms with E-state index in [2.05, 4.69) is 34.6 Å². The molecule has 0 unspecified atom stereocenters. The Kier molecular flexibility index (Phi) is 7.04. The third-order valence-corrected chi connectivity index (χ3v) is 7.05. The number of nitrogens with one attached hydrogen (secondary N) is 1. The topological polar surface area (TPSA) is 65.0 Å². The van der Waals surface area contributed by atoms with Gasteiger partial charge < -0.3 is 9.80 Å². The van der Waals surface area contributed by atoms with E-state index >= 15 is 0 Å². The van der Waals surface area contributed by atoms with Gasteiger partial charge in [0.05, 0.1) is 5.75 Å². The number of hydrazone groups is 1. The zero-order valence-electron chi connectivity index (χ0n) is 17.8. The number of rotatable bonds is 6. The van der Waals surface area contributed by atoms with Crippen LogP contribution in [0.2, 0.25) is 0 Å². The van der Waals surface area contributed by atoms with Crippen molar-refractivity contribution >= 4 is 29.3 Å². The van der Waals surface area contributed by atoms with Crippen molar-refractivity contribution in [3.63, 3.8) is 0 Å². The summed E-state index contributed by atoms with van der Waals surface area (Å²) < 4.78 is 0. The lowest BCUT2D eigenvalue weighted by Crippen LogP contribution is -2.32. The Balaban J connectivity index is 1.36. The maximum absolute atomic E-state index is 12.5. The van der Waals surface area contributed by atoms with Crippen LogP contribution in [-0.2, 0) is 11.2 Å². The number of likely N-dealkylation sites (tertiary alicyclic amines) is 1. The van der Waals surface area contributed by atoms with Gasteiger partial charge in [0, 0.05) is 43.8 Å². The van der Waals surface area contributed by atoms with E-state index in [1.54, 1.807) is 11.8 Å². The van der Waals surface area contributed by atoms with E-state index in [0.29, 0.717) is 17.9 Å². The van der Waals surface area contributed by atoms with E-state index in [-0.39, 0.29) is 17.2 Å². The van der Waals surface area contributed by atoms with Crippen LogP contribution in [0.25, 0.3) is 0 Å². The molecule has 0 spiro atoms. The average molecular weight is 437 g/mol. The summed E-state index contributed by atoms with van der Waals surface area (Å²) in [7, 11) is 2.09. The number of nitrogens with zero attached hydrogens (tertiary/aromatic N) is 3. The van der Waals surface area contributed by atoms with Crippen molar-refractivity contribution in [2.45, 2.75) is 24.6 Å². The molecule has 2 fully saturated rings. The van der Waals surface area contributed by atoms with Gasteiger partial charge >= 0.3 is 0 Å². The Morgan fingerprint density at radius 2 is 1.81 bits per heavy atom. The lowest BCUT2D eigenvalue weighted by atomic mass is 10.1. The lowest BCUT2D eigenvalue weighted by molar-refractivity contribution is -0.128. The molecule has 0 saturated carbocycles. The Bertz CT molecular complexity index is 936. The first kappa shape index (κ1) is 21.6. The van der Waals surface area contributed by atoms with Gasteiger partial charge in [-0.1, -0.05) is 42.5 Å². The summed E-state index contributed by atoms with van der Waals surface area (Å²) in [5.41, 5.74) is 6.57. The van der Waals surface area contributed by atoms with E-state index in [1.165, 1.54) is 5.56 Å². The first-order valence-corrected chi connectivity index (χ1v) is 11.7.